The predicted octanol–water partition coefficient (Wildman–Crippen LogP) is 14.5. The quantitative estimate of drug-likeness (QED) is 0.175. The molecule has 2 aromatic heterocycles. The molecular formula is C50H30O2. The van der Waals surface area contributed by atoms with Gasteiger partial charge in [0.05, 0.1) is 12.5 Å². The maximum absolute atomic E-state index is 7.01. The molecule has 0 aliphatic carbocycles. The van der Waals surface area contributed by atoms with Crippen molar-refractivity contribution >= 4 is 65.0 Å². The van der Waals surface area contributed by atoms with Crippen molar-refractivity contribution in [3.63, 3.8) is 0 Å². The lowest BCUT2D eigenvalue weighted by atomic mass is 9.84. The van der Waals surface area contributed by atoms with Gasteiger partial charge in [0.25, 0.3) is 0 Å². The van der Waals surface area contributed by atoms with Gasteiger partial charge in [-0.1, -0.05) is 158 Å². The summed E-state index contributed by atoms with van der Waals surface area (Å²) >= 11 is 0. The van der Waals surface area contributed by atoms with Crippen molar-refractivity contribution in [3.8, 4) is 44.5 Å². The molecule has 0 unspecified atom stereocenters. The molecule has 0 aliphatic heterocycles. The highest BCUT2D eigenvalue weighted by molar-refractivity contribution is 6.28. The molecule has 0 saturated carbocycles. The van der Waals surface area contributed by atoms with Crippen LogP contribution < -0.4 is 0 Å². The molecule has 2 nitrogen and oxygen atoms in total. The van der Waals surface area contributed by atoms with E-state index in [1.54, 1.807) is 6.26 Å². The number of rotatable bonds is 4. The molecule has 0 amide bonds. The van der Waals surface area contributed by atoms with Crippen LogP contribution in [-0.2, 0) is 0 Å². The molecule has 0 N–H and O–H groups in total. The van der Waals surface area contributed by atoms with E-state index in [1.807, 2.05) is 6.26 Å². The summed E-state index contributed by atoms with van der Waals surface area (Å²) in [5.74, 6) is 0. The number of fused-ring (bicyclic) bond motifs is 7. The van der Waals surface area contributed by atoms with Gasteiger partial charge < -0.3 is 8.83 Å². The van der Waals surface area contributed by atoms with E-state index in [2.05, 4.69) is 170 Å². The summed E-state index contributed by atoms with van der Waals surface area (Å²) in [5.41, 5.74) is 11.2. The van der Waals surface area contributed by atoms with Crippen molar-refractivity contribution in [2.45, 2.75) is 0 Å². The number of furan rings is 2. The third kappa shape index (κ3) is 4.12. The molecular weight excluding hydrogens is 633 g/mol. The largest absolute Gasteiger partial charge is 0.472 e. The van der Waals surface area contributed by atoms with Crippen LogP contribution in [0.4, 0.5) is 0 Å². The van der Waals surface area contributed by atoms with Gasteiger partial charge in [-0.15, -0.1) is 0 Å². The summed E-state index contributed by atoms with van der Waals surface area (Å²) in [4.78, 5) is 0. The lowest BCUT2D eigenvalue weighted by molar-refractivity contribution is 0.568. The zero-order chi connectivity index (χ0) is 34.2. The van der Waals surface area contributed by atoms with E-state index in [1.165, 1.54) is 70.9 Å². The Bertz CT molecular complexity index is 3050. The summed E-state index contributed by atoms with van der Waals surface area (Å²) in [6, 6.07) is 61.1. The second-order valence-electron chi connectivity index (χ2n) is 13.5. The average molecular weight is 663 g/mol. The molecule has 2 heterocycles. The maximum atomic E-state index is 7.01. The Morgan fingerprint density at radius 1 is 0.308 bits per heavy atom. The number of hydrogen-bond donors (Lipinski definition) is 0. The molecule has 9 aromatic carbocycles. The van der Waals surface area contributed by atoms with E-state index in [4.69, 9.17) is 8.83 Å². The fourth-order valence-electron chi connectivity index (χ4n) is 8.72. The molecule has 52 heavy (non-hydrogen) atoms. The van der Waals surface area contributed by atoms with Crippen LogP contribution >= 0.6 is 0 Å². The van der Waals surface area contributed by atoms with Crippen LogP contribution in [0.15, 0.2) is 191 Å². The van der Waals surface area contributed by atoms with Gasteiger partial charge in [0.15, 0.2) is 0 Å². The minimum absolute atomic E-state index is 0.876. The fourth-order valence-corrected chi connectivity index (χ4v) is 8.72. The lowest BCUT2D eigenvalue weighted by Gasteiger charge is -2.18. The second kappa shape index (κ2) is 11.3. The van der Waals surface area contributed by atoms with Crippen molar-refractivity contribution in [2.75, 3.05) is 0 Å². The topological polar surface area (TPSA) is 26.3 Å². The number of para-hydroxylation sites is 1. The number of hydrogen-bond acceptors (Lipinski definition) is 2. The van der Waals surface area contributed by atoms with E-state index in [0.717, 1.165) is 38.6 Å². The summed E-state index contributed by atoms with van der Waals surface area (Å²) in [5, 5.41) is 11.9. The molecule has 0 spiro atoms. The van der Waals surface area contributed by atoms with Gasteiger partial charge in [0, 0.05) is 33.0 Å². The van der Waals surface area contributed by atoms with Crippen LogP contribution in [0.5, 0.6) is 0 Å². The van der Waals surface area contributed by atoms with Crippen LogP contribution in [0.25, 0.3) is 110 Å². The molecule has 11 aromatic rings. The van der Waals surface area contributed by atoms with E-state index in [-0.39, 0.29) is 0 Å². The van der Waals surface area contributed by atoms with Crippen molar-refractivity contribution in [3.05, 3.63) is 182 Å². The van der Waals surface area contributed by atoms with Crippen LogP contribution in [0, 0.1) is 0 Å². The van der Waals surface area contributed by atoms with Gasteiger partial charge in [0.1, 0.15) is 11.2 Å². The normalized spacial score (nSPS) is 11.8. The van der Waals surface area contributed by atoms with E-state index < -0.39 is 0 Å². The summed E-state index contributed by atoms with van der Waals surface area (Å²) in [6.45, 7) is 0. The Balaban J connectivity index is 1.25. The van der Waals surface area contributed by atoms with E-state index in [9.17, 15) is 0 Å². The lowest BCUT2D eigenvalue weighted by Crippen LogP contribution is -1.91. The first-order valence-corrected chi connectivity index (χ1v) is 17.7. The average Bonchev–Trinajstić information content (AvgIpc) is 3.88. The van der Waals surface area contributed by atoms with E-state index >= 15 is 0 Å². The molecule has 0 bridgehead atoms. The third-order valence-electron chi connectivity index (χ3n) is 10.8. The van der Waals surface area contributed by atoms with Crippen molar-refractivity contribution in [2.24, 2.45) is 0 Å². The third-order valence-corrected chi connectivity index (χ3v) is 10.8. The van der Waals surface area contributed by atoms with Crippen molar-refractivity contribution < 1.29 is 8.83 Å². The van der Waals surface area contributed by atoms with Crippen molar-refractivity contribution in [1.82, 2.24) is 0 Å². The molecule has 0 saturated heterocycles. The van der Waals surface area contributed by atoms with Crippen molar-refractivity contribution in [1.29, 1.82) is 0 Å². The first-order chi connectivity index (χ1) is 25.8. The highest BCUT2D eigenvalue weighted by atomic mass is 16.3. The van der Waals surface area contributed by atoms with Gasteiger partial charge in [-0.05, 0) is 77.5 Å². The van der Waals surface area contributed by atoms with Crippen LogP contribution in [0.3, 0.4) is 0 Å². The molecule has 0 fully saturated rings. The molecule has 2 heteroatoms. The highest BCUT2D eigenvalue weighted by Gasteiger charge is 2.23. The highest BCUT2D eigenvalue weighted by Crippen LogP contribution is 2.50. The Hall–Kier alpha value is -6.90. The standard InChI is InChI=1S/C50H30O2/c1-2-14-31(15-3-1)45-33-16-4-10-22-39(33)48(40-23-11-5-17-34(40)45)42-25-12-26-43-49-41(24-13-27-44(49)52-50(42)43)47-37-20-8-6-18-35(37)46(32-28-29-51-30-32)36-19-7-9-21-38(36)47/h1-30H. The zero-order valence-electron chi connectivity index (χ0n) is 28.1. The van der Waals surface area contributed by atoms with Crippen LogP contribution in [0.1, 0.15) is 0 Å². The van der Waals surface area contributed by atoms with Gasteiger partial charge in [-0.25, -0.2) is 0 Å². The minimum atomic E-state index is 0.876. The smallest absolute Gasteiger partial charge is 0.143 e. The van der Waals surface area contributed by atoms with E-state index in [0.29, 0.717) is 0 Å². The second-order valence-corrected chi connectivity index (χ2v) is 13.5. The van der Waals surface area contributed by atoms with Gasteiger partial charge in [-0.2, -0.15) is 0 Å². The first kappa shape index (κ1) is 28.9. The number of benzene rings is 9. The Morgan fingerprint density at radius 2 is 0.750 bits per heavy atom. The van der Waals surface area contributed by atoms with Crippen LogP contribution in [0.2, 0.25) is 0 Å². The van der Waals surface area contributed by atoms with Crippen LogP contribution in [-0.4, -0.2) is 0 Å². The fraction of sp³-hybridized carbons (Fsp3) is 0. The van der Waals surface area contributed by atoms with Gasteiger partial charge in [0.2, 0.25) is 0 Å². The monoisotopic (exact) mass is 662 g/mol. The first-order valence-electron chi connectivity index (χ1n) is 17.7. The molecule has 242 valence electrons. The predicted molar refractivity (Wildman–Crippen MR) is 218 cm³/mol. The molecule has 11 rings (SSSR count). The molecule has 0 aliphatic rings. The SMILES string of the molecule is c1ccc(-c2c3ccccc3c(-c3cccc4c3oc3cccc(-c5c6ccccc6c(-c6ccoc6)c6ccccc56)c34)c3ccccc23)cc1. The van der Waals surface area contributed by atoms with Gasteiger partial charge >= 0.3 is 0 Å². The molecule has 0 radical (unpaired) electrons. The molecule has 0 atom stereocenters. The Morgan fingerprint density at radius 3 is 1.29 bits per heavy atom. The van der Waals surface area contributed by atoms with Gasteiger partial charge in [-0.3, -0.25) is 0 Å². The Labute approximate surface area is 299 Å². The maximum Gasteiger partial charge on any atom is 0.143 e. The summed E-state index contributed by atoms with van der Waals surface area (Å²) in [6.07, 6.45) is 3.60. The minimum Gasteiger partial charge on any atom is -0.472 e. The summed E-state index contributed by atoms with van der Waals surface area (Å²) in [7, 11) is 0. The summed E-state index contributed by atoms with van der Waals surface area (Å²) < 4.78 is 12.6. The zero-order valence-corrected chi connectivity index (χ0v) is 28.1. The Kier molecular flexibility index (Phi) is 6.28.